The third kappa shape index (κ3) is 5.40. The second-order valence-corrected chi connectivity index (χ2v) is 10.2. The summed E-state index contributed by atoms with van der Waals surface area (Å²) in [5.74, 6) is 1.99. The Balaban J connectivity index is 1.28. The van der Waals surface area contributed by atoms with E-state index in [0.29, 0.717) is 45.6 Å². The number of aromatic nitrogens is 2. The summed E-state index contributed by atoms with van der Waals surface area (Å²) in [7, 11) is 0. The van der Waals surface area contributed by atoms with Crippen LogP contribution in [-0.2, 0) is 9.53 Å². The van der Waals surface area contributed by atoms with E-state index in [1.165, 1.54) is 0 Å². The van der Waals surface area contributed by atoms with Gasteiger partial charge in [-0.15, -0.1) is 0 Å². The van der Waals surface area contributed by atoms with Crippen molar-refractivity contribution in [2.75, 3.05) is 0 Å². The monoisotopic (exact) mass is 573 g/mol. The number of Topliss-reactive ketones (excluding diaryl/α,β-unsaturated/α-hetero) is 1. The van der Waals surface area contributed by atoms with Gasteiger partial charge < -0.3 is 9.84 Å². The van der Waals surface area contributed by atoms with Crippen LogP contribution < -0.4 is 0 Å². The molecule has 1 N–H and O–H groups in total. The van der Waals surface area contributed by atoms with Gasteiger partial charge in [0.25, 0.3) is 0 Å². The first kappa shape index (κ1) is 26.7. The van der Waals surface area contributed by atoms with Gasteiger partial charge in [0.1, 0.15) is 17.2 Å². The molecule has 7 rings (SSSR count). The topological polar surface area (TPSA) is 83.6 Å². The van der Waals surface area contributed by atoms with Crippen LogP contribution in [0, 0.1) is 0 Å². The van der Waals surface area contributed by atoms with Gasteiger partial charge in [-0.25, -0.2) is 9.40 Å². The number of benzene rings is 2. The predicted octanol–water partition coefficient (Wildman–Crippen LogP) is 8.50. The first-order chi connectivity index (χ1) is 21.6. The van der Waals surface area contributed by atoms with Gasteiger partial charge in [0.2, 0.25) is 5.78 Å². The Kier molecular flexibility index (Phi) is 7.06. The zero-order valence-corrected chi connectivity index (χ0v) is 23.4. The quantitative estimate of drug-likeness (QED) is 0.162. The summed E-state index contributed by atoms with van der Waals surface area (Å²) < 4.78 is 12.4. The molecule has 0 saturated heterocycles. The van der Waals surface area contributed by atoms with Crippen LogP contribution in [-0.4, -0.2) is 20.9 Å². The Morgan fingerprint density at radius 3 is 1.93 bits per heavy atom. The summed E-state index contributed by atoms with van der Waals surface area (Å²) in [5, 5.41) is 11.1. The highest BCUT2D eigenvalue weighted by atomic mass is 16.5. The average molecular weight is 574 g/mol. The molecular formula is C38H25N2O4+. The first-order valence-electron chi connectivity index (χ1n) is 14.1. The maximum Gasteiger partial charge on any atom is 0.379 e. The minimum Gasteiger partial charge on any atom is -0.506 e. The van der Waals surface area contributed by atoms with E-state index in [9.17, 15) is 9.90 Å². The Morgan fingerprint density at radius 2 is 1.27 bits per heavy atom. The molecule has 4 heterocycles. The lowest BCUT2D eigenvalue weighted by Gasteiger charge is -2.21. The molecule has 0 bridgehead atoms. The highest BCUT2D eigenvalue weighted by molar-refractivity contribution is 6.23. The maximum atomic E-state index is 13.4. The molecule has 0 amide bonds. The zero-order chi connectivity index (χ0) is 29.9. The molecule has 0 atom stereocenters. The molecule has 6 heteroatoms. The van der Waals surface area contributed by atoms with Gasteiger partial charge in [-0.05, 0) is 71.8 Å². The van der Waals surface area contributed by atoms with E-state index in [4.69, 9.17) is 9.15 Å². The molecule has 2 aromatic carbocycles. The molecule has 0 radical (unpaired) electrons. The smallest absolute Gasteiger partial charge is 0.379 e. The molecule has 1 aliphatic carbocycles. The lowest BCUT2D eigenvalue weighted by atomic mass is 9.85. The van der Waals surface area contributed by atoms with Crippen LogP contribution in [0.3, 0.4) is 0 Å². The van der Waals surface area contributed by atoms with Crippen molar-refractivity contribution in [3.63, 3.8) is 0 Å². The molecule has 2 aliphatic rings. The minimum atomic E-state index is -0.259. The number of allylic oxidation sites excluding steroid dienone is 6. The van der Waals surface area contributed by atoms with Crippen LogP contribution in [0.5, 0.6) is 0 Å². The SMILES string of the molecule is O=C1C(/C=C2/C=C(c3ccccc3)OC(c3ccccn3)=C2)=C(O)C/1=C\c1cc(-c2ccccc2)[o+]c(-c2ccccn2)c1. The van der Waals surface area contributed by atoms with Crippen molar-refractivity contribution in [1.82, 2.24) is 9.97 Å². The zero-order valence-electron chi connectivity index (χ0n) is 23.4. The van der Waals surface area contributed by atoms with Gasteiger partial charge in [-0.3, -0.25) is 9.78 Å². The lowest BCUT2D eigenvalue weighted by Crippen LogP contribution is -2.21. The average Bonchev–Trinajstić information content (AvgIpc) is 3.10. The number of aliphatic hydroxyl groups excluding tert-OH is 1. The molecule has 44 heavy (non-hydrogen) atoms. The van der Waals surface area contributed by atoms with Crippen LogP contribution in [0.15, 0.2) is 167 Å². The predicted molar refractivity (Wildman–Crippen MR) is 170 cm³/mol. The van der Waals surface area contributed by atoms with Crippen molar-refractivity contribution in [2.45, 2.75) is 0 Å². The number of ether oxygens (including phenoxy) is 1. The number of aliphatic hydroxyl groups is 1. The van der Waals surface area contributed by atoms with Crippen LogP contribution in [0.25, 0.3) is 40.4 Å². The van der Waals surface area contributed by atoms with Gasteiger partial charge in [0.05, 0.1) is 28.8 Å². The number of rotatable bonds is 6. The van der Waals surface area contributed by atoms with Crippen molar-refractivity contribution in [1.29, 1.82) is 0 Å². The van der Waals surface area contributed by atoms with E-state index in [2.05, 4.69) is 9.97 Å². The summed E-state index contributed by atoms with van der Waals surface area (Å²) in [5.41, 5.74) is 4.93. The van der Waals surface area contributed by atoms with Gasteiger partial charge in [-0.1, -0.05) is 60.7 Å². The fourth-order valence-corrected chi connectivity index (χ4v) is 5.01. The molecule has 6 nitrogen and oxygen atoms in total. The van der Waals surface area contributed by atoms with Crippen LogP contribution >= 0.6 is 0 Å². The molecule has 210 valence electrons. The Morgan fingerprint density at radius 1 is 0.659 bits per heavy atom. The van der Waals surface area contributed by atoms with E-state index in [1.807, 2.05) is 121 Å². The molecule has 0 fully saturated rings. The van der Waals surface area contributed by atoms with Crippen molar-refractivity contribution >= 4 is 23.4 Å². The number of carbonyl (C=O) groups excluding carboxylic acids is 1. The molecular weight excluding hydrogens is 548 g/mol. The highest BCUT2D eigenvalue weighted by Gasteiger charge is 2.33. The standard InChI is InChI=1S/C38H24N2O4/c41-37-29(19-25-21-33(27-11-3-1-4-12-27)43-35(23-25)31-15-7-9-17-39-31)38(42)30(37)20-26-22-34(28-13-5-2-6-14-28)44-36(24-26)32-16-8-10-18-40-32/h1-24H/p+1. The van der Waals surface area contributed by atoms with E-state index in [1.54, 1.807) is 24.5 Å². The Bertz CT molecular complexity index is 1910. The fourth-order valence-electron chi connectivity index (χ4n) is 5.01. The molecule has 5 aromatic rings. The van der Waals surface area contributed by atoms with Gasteiger partial charge in [0, 0.05) is 18.0 Å². The largest absolute Gasteiger partial charge is 0.506 e. The van der Waals surface area contributed by atoms with Gasteiger partial charge in [-0.2, -0.15) is 0 Å². The number of hydrogen-bond acceptors (Lipinski definition) is 5. The van der Waals surface area contributed by atoms with Crippen molar-refractivity contribution in [2.24, 2.45) is 0 Å². The molecule has 1 aliphatic heterocycles. The molecule has 0 saturated carbocycles. The molecule has 0 spiro atoms. The molecule has 0 unspecified atom stereocenters. The fraction of sp³-hybridized carbons (Fsp3) is 0. The van der Waals surface area contributed by atoms with Crippen LogP contribution in [0.4, 0.5) is 0 Å². The number of carbonyl (C=O) groups is 1. The van der Waals surface area contributed by atoms with Crippen LogP contribution in [0.2, 0.25) is 0 Å². The summed E-state index contributed by atoms with van der Waals surface area (Å²) in [6.07, 6.45) is 10.4. The maximum absolute atomic E-state index is 13.4. The van der Waals surface area contributed by atoms with E-state index in [0.717, 1.165) is 11.1 Å². The lowest BCUT2D eigenvalue weighted by molar-refractivity contribution is -0.113. The Hall–Kier alpha value is -6.14. The number of ketones is 1. The van der Waals surface area contributed by atoms with E-state index in [-0.39, 0.29) is 22.7 Å². The van der Waals surface area contributed by atoms with E-state index >= 15 is 0 Å². The highest BCUT2D eigenvalue weighted by Crippen LogP contribution is 2.37. The summed E-state index contributed by atoms with van der Waals surface area (Å²) >= 11 is 0. The first-order valence-corrected chi connectivity index (χ1v) is 14.1. The Labute approximate surface area is 254 Å². The summed E-state index contributed by atoms with van der Waals surface area (Å²) in [6.45, 7) is 0. The van der Waals surface area contributed by atoms with Crippen molar-refractivity contribution in [3.8, 4) is 22.8 Å². The third-order valence-electron chi connectivity index (χ3n) is 7.20. The normalized spacial score (nSPS) is 16.3. The van der Waals surface area contributed by atoms with E-state index < -0.39 is 0 Å². The van der Waals surface area contributed by atoms with Gasteiger partial charge in [0.15, 0.2) is 11.5 Å². The van der Waals surface area contributed by atoms with Crippen LogP contribution in [0.1, 0.15) is 16.8 Å². The summed E-state index contributed by atoms with van der Waals surface area (Å²) in [6, 6.07) is 34.2. The second kappa shape index (κ2) is 11.6. The van der Waals surface area contributed by atoms with Gasteiger partial charge >= 0.3 is 11.5 Å². The number of nitrogens with zero attached hydrogens (tertiary/aromatic N) is 2. The minimum absolute atomic E-state index is 0.0714. The third-order valence-corrected chi connectivity index (χ3v) is 7.20. The number of hydrogen-bond donors (Lipinski definition) is 1. The number of pyridine rings is 2. The van der Waals surface area contributed by atoms with Crippen molar-refractivity contribution in [3.05, 3.63) is 179 Å². The molecule has 3 aromatic heterocycles. The second-order valence-electron chi connectivity index (χ2n) is 10.2. The summed E-state index contributed by atoms with van der Waals surface area (Å²) in [4.78, 5) is 22.3. The van der Waals surface area contributed by atoms with Crippen molar-refractivity contribution < 1.29 is 19.1 Å².